The van der Waals surface area contributed by atoms with Crippen molar-refractivity contribution in [2.24, 2.45) is 0 Å². The summed E-state index contributed by atoms with van der Waals surface area (Å²) in [7, 11) is 1.59. The Morgan fingerprint density at radius 3 is 2.52 bits per heavy atom. The smallest absolute Gasteiger partial charge is 0.336 e. The number of rotatable bonds is 8. The van der Waals surface area contributed by atoms with Crippen LogP contribution in [0.2, 0.25) is 0 Å². The summed E-state index contributed by atoms with van der Waals surface area (Å²) >= 11 is 0. The minimum absolute atomic E-state index is 0.236. The zero-order chi connectivity index (χ0) is 19.1. The number of carboxylic acid groups (broad SMARTS) is 1. The third-order valence-corrected chi connectivity index (χ3v) is 4.68. The number of aliphatic carboxylic acids is 1. The average Bonchev–Trinajstić information content (AvgIpc) is 3.20. The zero-order valence-corrected chi connectivity index (χ0v) is 15.6. The Morgan fingerprint density at radius 1 is 1.11 bits per heavy atom. The molecular weight excluding hydrogens is 342 g/mol. The molecule has 3 rings (SSSR count). The Kier molecular flexibility index (Phi) is 6.49. The van der Waals surface area contributed by atoms with Gasteiger partial charge in [0.15, 0.2) is 11.5 Å². The third kappa shape index (κ3) is 5.11. The Bertz CT molecular complexity index is 795. The molecule has 0 atom stereocenters. The third-order valence-electron chi connectivity index (χ3n) is 4.68. The minimum atomic E-state index is -0.967. The molecule has 5 heteroatoms. The van der Waals surface area contributed by atoms with Crippen LogP contribution in [0.3, 0.4) is 0 Å². The lowest BCUT2D eigenvalue weighted by molar-refractivity contribution is -0.130. The highest BCUT2D eigenvalue weighted by molar-refractivity contribution is 6.20. The lowest BCUT2D eigenvalue weighted by Gasteiger charge is -2.16. The molecule has 1 heterocycles. The van der Waals surface area contributed by atoms with Crippen molar-refractivity contribution in [3.05, 3.63) is 59.7 Å². The molecule has 1 aliphatic heterocycles. The van der Waals surface area contributed by atoms with Gasteiger partial charge in [0.2, 0.25) is 0 Å². The topological polar surface area (TPSA) is 59.0 Å². The lowest BCUT2D eigenvalue weighted by Crippen LogP contribution is -2.25. The van der Waals surface area contributed by atoms with Gasteiger partial charge in [0.1, 0.15) is 6.61 Å². The normalized spacial score (nSPS) is 14.9. The predicted molar refractivity (Wildman–Crippen MR) is 106 cm³/mol. The standard InChI is InChI=1S/C22H25NO4/c1-26-21-16-17(15-19(22(24)25)18-7-3-2-4-8-18)9-10-20(21)27-14-13-23-11-5-6-12-23/h2-4,7-10,15-16H,5-6,11-14H2,1H3,(H,24,25)/b19-15-. The van der Waals surface area contributed by atoms with Crippen LogP contribution in [-0.2, 0) is 4.79 Å². The van der Waals surface area contributed by atoms with Crippen LogP contribution < -0.4 is 9.47 Å². The second kappa shape index (κ2) is 9.24. The maximum absolute atomic E-state index is 11.7. The van der Waals surface area contributed by atoms with Gasteiger partial charge >= 0.3 is 5.97 Å². The lowest BCUT2D eigenvalue weighted by atomic mass is 10.0. The van der Waals surface area contributed by atoms with Crippen molar-refractivity contribution in [2.45, 2.75) is 12.8 Å². The van der Waals surface area contributed by atoms with Crippen LogP contribution in [0.4, 0.5) is 0 Å². The summed E-state index contributed by atoms with van der Waals surface area (Å²) in [6.07, 6.45) is 4.17. The Labute approximate surface area is 159 Å². The number of benzene rings is 2. The van der Waals surface area contributed by atoms with E-state index in [1.807, 2.05) is 30.3 Å². The Hall–Kier alpha value is -2.79. The monoisotopic (exact) mass is 367 g/mol. The van der Waals surface area contributed by atoms with Crippen LogP contribution >= 0.6 is 0 Å². The molecule has 142 valence electrons. The molecule has 0 spiro atoms. The average molecular weight is 367 g/mol. The van der Waals surface area contributed by atoms with Gasteiger partial charge in [-0.05, 0) is 55.3 Å². The second-order valence-corrected chi connectivity index (χ2v) is 6.54. The number of nitrogens with zero attached hydrogens (tertiary/aromatic N) is 1. The van der Waals surface area contributed by atoms with E-state index in [-0.39, 0.29) is 5.57 Å². The van der Waals surface area contributed by atoms with Crippen molar-refractivity contribution >= 4 is 17.6 Å². The molecule has 1 N–H and O–H groups in total. The molecule has 0 aliphatic carbocycles. The molecule has 2 aromatic rings. The van der Waals surface area contributed by atoms with Crippen LogP contribution in [0.5, 0.6) is 11.5 Å². The van der Waals surface area contributed by atoms with E-state index < -0.39 is 5.97 Å². The number of likely N-dealkylation sites (tertiary alicyclic amines) is 1. The van der Waals surface area contributed by atoms with Crippen molar-refractivity contribution in [2.75, 3.05) is 33.4 Å². The highest BCUT2D eigenvalue weighted by Crippen LogP contribution is 2.30. The first-order valence-corrected chi connectivity index (χ1v) is 9.21. The number of hydrogen-bond acceptors (Lipinski definition) is 4. The van der Waals surface area contributed by atoms with Crippen molar-refractivity contribution in [3.8, 4) is 11.5 Å². The number of carboxylic acids is 1. The first-order chi connectivity index (χ1) is 13.2. The van der Waals surface area contributed by atoms with Gasteiger partial charge in [0, 0.05) is 6.54 Å². The van der Waals surface area contributed by atoms with Gasteiger partial charge in [0.25, 0.3) is 0 Å². The first kappa shape index (κ1) is 19.0. The Balaban J connectivity index is 1.75. The van der Waals surface area contributed by atoms with Crippen LogP contribution in [0.1, 0.15) is 24.0 Å². The van der Waals surface area contributed by atoms with E-state index in [2.05, 4.69) is 4.90 Å². The molecule has 0 bridgehead atoms. The van der Waals surface area contributed by atoms with E-state index in [1.54, 1.807) is 31.4 Å². The summed E-state index contributed by atoms with van der Waals surface area (Å²) in [5.41, 5.74) is 1.65. The number of ether oxygens (including phenoxy) is 2. The molecule has 0 saturated carbocycles. The fourth-order valence-corrected chi connectivity index (χ4v) is 3.24. The largest absolute Gasteiger partial charge is 0.493 e. The molecular formula is C22H25NO4. The fraction of sp³-hybridized carbons (Fsp3) is 0.318. The van der Waals surface area contributed by atoms with E-state index in [0.29, 0.717) is 23.7 Å². The summed E-state index contributed by atoms with van der Waals surface area (Å²) < 4.78 is 11.3. The molecule has 0 unspecified atom stereocenters. The molecule has 2 aromatic carbocycles. The minimum Gasteiger partial charge on any atom is -0.493 e. The quantitative estimate of drug-likeness (QED) is 0.568. The predicted octanol–water partition coefficient (Wildman–Crippen LogP) is 3.80. The van der Waals surface area contributed by atoms with E-state index in [0.717, 1.165) is 25.2 Å². The first-order valence-electron chi connectivity index (χ1n) is 9.21. The highest BCUT2D eigenvalue weighted by atomic mass is 16.5. The molecule has 0 radical (unpaired) electrons. The maximum Gasteiger partial charge on any atom is 0.336 e. The van der Waals surface area contributed by atoms with Crippen LogP contribution in [0, 0.1) is 0 Å². The highest BCUT2D eigenvalue weighted by Gasteiger charge is 2.13. The van der Waals surface area contributed by atoms with Crippen molar-refractivity contribution in [1.29, 1.82) is 0 Å². The number of carbonyl (C=O) groups is 1. The molecule has 1 saturated heterocycles. The molecule has 0 aromatic heterocycles. The van der Waals surface area contributed by atoms with Crippen molar-refractivity contribution in [1.82, 2.24) is 4.90 Å². The Morgan fingerprint density at radius 2 is 1.85 bits per heavy atom. The SMILES string of the molecule is COc1cc(/C=C(\C(=O)O)c2ccccc2)ccc1OCCN1CCCC1. The van der Waals surface area contributed by atoms with Gasteiger partial charge < -0.3 is 14.6 Å². The summed E-state index contributed by atoms with van der Waals surface area (Å²) in [4.78, 5) is 14.1. The summed E-state index contributed by atoms with van der Waals surface area (Å²) in [5, 5.41) is 9.56. The van der Waals surface area contributed by atoms with Gasteiger partial charge in [-0.2, -0.15) is 0 Å². The maximum atomic E-state index is 11.7. The number of methoxy groups -OCH3 is 1. The molecule has 5 nitrogen and oxygen atoms in total. The molecule has 27 heavy (non-hydrogen) atoms. The summed E-state index contributed by atoms with van der Waals surface area (Å²) in [5.74, 6) is 0.305. The van der Waals surface area contributed by atoms with Crippen LogP contribution in [-0.4, -0.2) is 49.3 Å². The van der Waals surface area contributed by atoms with Crippen molar-refractivity contribution in [3.63, 3.8) is 0 Å². The summed E-state index contributed by atoms with van der Waals surface area (Å²) in [6, 6.07) is 14.6. The van der Waals surface area contributed by atoms with E-state index in [9.17, 15) is 9.90 Å². The van der Waals surface area contributed by atoms with E-state index in [4.69, 9.17) is 9.47 Å². The summed E-state index contributed by atoms with van der Waals surface area (Å²) in [6.45, 7) is 3.79. The van der Waals surface area contributed by atoms with Gasteiger partial charge in [0.05, 0.1) is 12.7 Å². The second-order valence-electron chi connectivity index (χ2n) is 6.54. The molecule has 0 amide bonds. The van der Waals surface area contributed by atoms with Crippen molar-refractivity contribution < 1.29 is 19.4 Å². The van der Waals surface area contributed by atoms with Crippen LogP contribution in [0.15, 0.2) is 48.5 Å². The fourth-order valence-electron chi connectivity index (χ4n) is 3.24. The van der Waals surface area contributed by atoms with E-state index in [1.165, 1.54) is 12.8 Å². The number of hydrogen-bond donors (Lipinski definition) is 1. The molecule has 1 fully saturated rings. The van der Waals surface area contributed by atoms with Gasteiger partial charge in [-0.1, -0.05) is 36.4 Å². The van der Waals surface area contributed by atoms with E-state index >= 15 is 0 Å². The van der Waals surface area contributed by atoms with Gasteiger partial charge in [-0.15, -0.1) is 0 Å². The van der Waals surface area contributed by atoms with Gasteiger partial charge in [-0.25, -0.2) is 4.79 Å². The van der Waals surface area contributed by atoms with Gasteiger partial charge in [-0.3, -0.25) is 4.90 Å². The molecule has 1 aliphatic rings. The van der Waals surface area contributed by atoms with Crippen LogP contribution in [0.25, 0.3) is 11.6 Å². The zero-order valence-electron chi connectivity index (χ0n) is 15.6.